The summed E-state index contributed by atoms with van der Waals surface area (Å²) in [6, 6.07) is 22.5. The number of carbonyl (C=O) groups excluding carboxylic acids is 1. The van der Waals surface area contributed by atoms with Crippen LogP contribution in [0.15, 0.2) is 77.8 Å². The molecule has 5 nitrogen and oxygen atoms in total. The van der Waals surface area contributed by atoms with Crippen LogP contribution in [0.3, 0.4) is 0 Å². The molecule has 1 N–H and O–H groups in total. The Balaban J connectivity index is 1.86. The lowest BCUT2D eigenvalue weighted by molar-refractivity contribution is -0.116. The number of fused-ring (bicyclic) bond motifs is 1. The number of rotatable bonds is 5. The number of aliphatic imine (C=N–C) groups is 1. The van der Waals surface area contributed by atoms with Gasteiger partial charge in [-0.1, -0.05) is 60.7 Å². The monoisotopic (exact) mass is 385 g/mol. The lowest BCUT2D eigenvalue weighted by atomic mass is 9.99. The van der Waals surface area contributed by atoms with Gasteiger partial charge < -0.3 is 14.8 Å². The average Bonchev–Trinajstić information content (AvgIpc) is 2.90. The van der Waals surface area contributed by atoms with E-state index in [9.17, 15) is 4.79 Å². The highest BCUT2D eigenvalue weighted by molar-refractivity contribution is 6.20. The molecule has 0 aromatic heterocycles. The Labute approximate surface area is 170 Å². The zero-order chi connectivity index (χ0) is 20.2. The topological polar surface area (TPSA) is 59.9 Å². The number of hydrogen-bond acceptors (Lipinski definition) is 4. The molecule has 1 heterocycles. The molecular formula is C24H21N2O3. The molecule has 0 bridgehead atoms. The number of nitrogens with one attached hydrogen (secondary N) is 1. The molecule has 0 saturated heterocycles. The smallest absolute Gasteiger partial charge is 0.249 e. The van der Waals surface area contributed by atoms with Crippen LogP contribution in [0.1, 0.15) is 16.7 Å². The van der Waals surface area contributed by atoms with Gasteiger partial charge in [-0.05, 0) is 11.6 Å². The zero-order valence-corrected chi connectivity index (χ0v) is 16.3. The van der Waals surface area contributed by atoms with E-state index in [0.717, 1.165) is 22.4 Å². The third-order valence-corrected chi connectivity index (χ3v) is 4.77. The molecule has 1 radical (unpaired) electrons. The zero-order valence-electron chi connectivity index (χ0n) is 16.3. The lowest BCUT2D eigenvalue weighted by Crippen LogP contribution is -2.26. The maximum Gasteiger partial charge on any atom is 0.249 e. The molecule has 1 amide bonds. The molecule has 1 atom stereocenters. The number of methoxy groups -OCH3 is 2. The Bertz CT molecular complexity index is 1050. The van der Waals surface area contributed by atoms with Crippen molar-refractivity contribution in [3.63, 3.8) is 0 Å². The van der Waals surface area contributed by atoms with E-state index in [0.29, 0.717) is 17.2 Å². The van der Waals surface area contributed by atoms with Gasteiger partial charge in [-0.15, -0.1) is 0 Å². The number of amides is 1. The highest BCUT2D eigenvalue weighted by Gasteiger charge is 2.27. The molecule has 0 spiro atoms. The summed E-state index contributed by atoms with van der Waals surface area (Å²) >= 11 is 0. The summed E-state index contributed by atoms with van der Waals surface area (Å²) in [6.45, 7) is 0. The van der Waals surface area contributed by atoms with Crippen molar-refractivity contribution in [3.8, 4) is 11.5 Å². The van der Waals surface area contributed by atoms with E-state index in [1.54, 1.807) is 20.3 Å². The fraction of sp³-hybridized carbons (Fsp3) is 0.125. The summed E-state index contributed by atoms with van der Waals surface area (Å²) in [4.78, 5) is 17.8. The summed E-state index contributed by atoms with van der Waals surface area (Å²) in [7, 11) is 3.16. The van der Waals surface area contributed by atoms with Crippen molar-refractivity contribution in [2.45, 2.75) is 6.04 Å². The minimum Gasteiger partial charge on any atom is -0.493 e. The quantitative estimate of drug-likeness (QED) is 0.719. The van der Waals surface area contributed by atoms with Gasteiger partial charge in [0.05, 0.1) is 25.6 Å². The Morgan fingerprint density at radius 2 is 1.52 bits per heavy atom. The van der Waals surface area contributed by atoms with Crippen LogP contribution in [-0.4, -0.2) is 31.9 Å². The Morgan fingerprint density at radius 3 is 2.17 bits per heavy atom. The molecule has 5 heteroatoms. The maximum atomic E-state index is 13.0. The second-order valence-electron chi connectivity index (χ2n) is 6.61. The maximum absolute atomic E-state index is 13.0. The van der Waals surface area contributed by atoms with Crippen molar-refractivity contribution in [1.82, 2.24) is 0 Å². The number of anilines is 1. The highest BCUT2D eigenvalue weighted by Crippen LogP contribution is 2.36. The first-order valence-corrected chi connectivity index (χ1v) is 9.30. The lowest BCUT2D eigenvalue weighted by Gasteiger charge is -2.15. The van der Waals surface area contributed by atoms with Crippen LogP contribution < -0.4 is 14.8 Å². The summed E-state index contributed by atoms with van der Waals surface area (Å²) in [5.41, 5.74) is 4.00. The van der Waals surface area contributed by atoms with Crippen LogP contribution in [-0.2, 0) is 4.79 Å². The van der Waals surface area contributed by atoms with E-state index in [4.69, 9.17) is 14.5 Å². The molecular weight excluding hydrogens is 364 g/mol. The molecule has 0 aliphatic carbocycles. The minimum absolute atomic E-state index is 0.201. The highest BCUT2D eigenvalue weighted by atomic mass is 16.5. The van der Waals surface area contributed by atoms with E-state index < -0.39 is 6.04 Å². The molecule has 145 valence electrons. The van der Waals surface area contributed by atoms with Gasteiger partial charge in [0.25, 0.3) is 0 Å². The predicted molar refractivity (Wildman–Crippen MR) is 114 cm³/mol. The van der Waals surface area contributed by atoms with Gasteiger partial charge in [-0.2, -0.15) is 0 Å². The Morgan fingerprint density at radius 1 is 0.897 bits per heavy atom. The summed E-state index contributed by atoms with van der Waals surface area (Å²) in [5, 5.41) is 3.00. The van der Waals surface area contributed by atoms with Crippen molar-refractivity contribution in [3.05, 3.63) is 95.9 Å². The average molecular weight is 385 g/mol. The van der Waals surface area contributed by atoms with Gasteiger partial charge in [0.2, 0.25) is 5.91 Å². The number of carbonyl (C=O) groups is 1. The molecule has 3 aromatic rings. The second-order valence-corrected chi connectivity index (χ2v) is 6.61. The first-order valence-electron chi connectivity index (χ1n) is 9.30. The summed E-state index contributed by atoms with van der Waals surface area (Å²) < 4.78 is 10.9. The van der Waals surface area contributed by atoms with E-state index in [1.807, 2.05) is 73.2 Å². The van der Waals surface area contributed by atoms with Gasteiger partial charge in [-0.25, -0.2) is 0 Å². The molecule has 1 aliphatic heterocycles. The third-order valence-electron chi connectivity index (χ3n) is 4.77. The van der Waals surface area contributed by atoms with Gasteiger partial charge in [0.1, 0.15) is 6.04 Å². The Hall–Kier alpha value is -3.60. The summed E-state index contributed by atoms with van der Waals surface area (Å²) in [5.74, 6) is 0.923. The standard InChI is InChI=1S/C24H21N2O3/c1-28-21-14-18-19(15-22(21)29-2)26-24(27)20(13-16-9-5-3-6-10-16)25-23(18)17-11-7-4-8-12-17/h3-15,20H,1-2H3,(H,26,27). The second kappa shape index (κ2) is 8.19. The van der Waals surface area contributed by atoms with Crippen molar-refractivity contribution in [2.24, 2.45) is 4.99 Å². The largest absolute Gasteiger partial charge is 0.493 e. The number of benzodiazepines with no additional fused rings is 1. The van der Waals surface area contributed by atoms with Crippen LogP contribution in [0.4, 0.5) is 5.69 Å². The van der Waals surface area contributed by atoms with Gasteiger partial charge in [0.15, 0.2) is 11.5 Å². The number of ether oxygens (including phenoxy) is 2. The van der Waals surface area contributed by atoms with Crippen LogP contribution in [0.2, 0.25) is 0 Å². The molecule has 0 saturated carbocycles. The fourth-order valence-corrected chi connectivity index (χ4v) is 3.34. The van der Waals surface area contributed by atoms with E-state index in [1.165, 1.54) is 0 Å². The van der Waals surface area contributed by atoms with Gasteiger partial charge >= 0.3 is 0 Å². The molecule has 1 unspecified atom stereocenters. The van der Waals surface area contributed by atoms with Crippen LogP contribution in [0.5, 0.6) is 11.5 Å². The van der Waals surface area contributed by atoms with Crippen LogP contribution in [0.25, 0.3) is 0 Å². The fourth-order valence-electron chi connectivity index (χ4n) is 3.34. The minimum atomic E-state index is -0.669. The van der Waals surface area contributed by atoms with E-state index in [-0.39, 0.29) is 5.91 Å². The van der Waals surface area contributed by atoms with Gasteiger partial charge in [-0.3, -0.25) is 9.79 Å². The van der Waals surface area contributed by atoms with Crippen molar-refractivity contribution < 1.29 is 14.3 Å². The normalized spacial score (nSPS) is 15.6. The SMILES string of the molecule is COc1cc2c(cc1OC)C(c1ccccc1)=NC([CH]c1ccccc1)C(=O)N2. The van der Waals surface area contributed by atoms with Crippen molar-refractivity contribution >= 4 is 17.3 Å². The van der Waals surface area contributed by atoms with E-state index in [2.05, 4.69) is 5.32 Å². The van der Waals surface area contributed by atoms with Crippen molar-refractivity contribution in [1.29, 1.82) is 0 Å². The van der Waals surface area contributed by atoms with Crippen molar-refractivity contribution in [2.75, 3.05) is 19.5 Å². The first kappa shape index (κ1) is 18.7. The van der Waals surface area contributed by atoms with Crippen LogP contribution in [0, 0.1) is 6.42 Å². The molecule has 0 fully saturated rings. The first-order chi connectivity index (χ1) is 14.2. The van der Waals surface area contributed by atoms with Crippen LogP contribution >= 0.6 is 0 Å². The van der Waals surface area contributed by atoms with E-state index >= 15 is 0 Å². The number of nitrogens with zero attached hydrogens (tertiary/aromatic N) is 1. The number of benzene rings is 3. The summed E-state index contributed by atoms with van der Waals surface area (Å²) in [6.07, 6.45) is 1.86. The molecule has 29 heavy (non-hydrogen) atoms. The number of hydrogen-bond donors (Lipinski definition) is 1. The Kier molecular flexibility index (Phi) is 5.29. The molecule has 4 rings (SSSR count). The predicted octanol–water partition coefficient (Wildman–Crippen LogP) is 4.11. The van der Waals surface area contributed by atoms with Gasteiger partial charge in [0, 0.05) is 23.6 Å². The third kappa shape index (κ3) is 3.85. The molecule has 3 aromatic carbocycles. The molecule has 1 aliphatic rings.